The predicted molar refractivity (Wildman–Crippen MR) is 90.2 cm³/mol. The van der Waals surface area contributed by atoms with E-state index in [0.717, 1.165) is 18.8 Å². The average molecular weight is 342 g/mol. The number of ether oxygens (including phenoxy) is 2. The van der Waals surface area contributed by atoms with Crippen LogP contribution in [-0.4, -0.2) is 64.1 Å². The highest BCUT2D eigenvalue weighted by atomic mass is 32.2. The van der Waals surface area contributed by atoms with E-state index in [4.69, 9.17) is 9.47 Å². The standard InChI is InChI=1S/C16H26N2O4S/c1-16(2)13-18(10-9-17-23(3,19)20)11-15(22-16)12-21-14-7-5-4-6-8-14/h4-8,15,17H,9-13H2,1-3H3/t15-/m0/s1. The fraction of sp³-hybridized carbons (Fsp3) is 0.625. The van der Waals surface area contributed by atoms with Crippen molar-refractivity contribution < 1.29 is 17.9 Å². The van der Waals surface area contributed by atoms with E-state index >= 15 is 0 Å². The normalized spacial score (nSPS) is 22.0. The summed E-state index contributed by atoms with van der Waals surface area (Å²) < 4.78 is 36.7. The second-order valence-electron chi connectivity index (χ2n) is 6.53. The highest BCUT2D eigenvalue weighted by Gasteiger charge is 2.33. The lowest BCUT2D eigenvalue weighted by Gasteiger charge is -2.42. The van der Waals surface area contributed by atoms with E-state index in [-0.39, 0.29) is 11.7 Å². The maximum Gasteiger partial charge on any atom is 0.208 e. The van der Waals surface area contributed by atoms with E-state index < -0.39 is 10.0 Å². The molecule has 7 heteroatoms. The maximum absolute atomic E-state index is 11.1. The van der Waals surface area contributed by atoms with Gasteiger partial charge in [-0.05, 0) is 26.0 Å². The quantitative estimate of drug-likeness (QED) is 0.803. The number of rotatable bonds is 7. The molecule has 1 saturated heterocycles. The Morgan fingerprint density at radius 1 is 1.35 bits per heavy atom. The van der Waals surface area contributed by atoms with Gasteiger partial charge in [-0.25, -0.2) is 13.1 Å². The first-order valence-electron chi connectivity index (χ1n) is 7.76. The van der Waals surface area contributed by atoms with Crippen LogP contribution in [0.1, 0.15) is 13.8 Å². The molecule has 1 atom stereocenters. The maximum atomic E-state index is 11.1. The summed E-state index contributed by atoms with van der Waals surface area (Å²) in [5, 5.41) is 0. The molecular formula is C16H26N2O4S. The van der Waals surface area contributed by atoms with Crippen molar-refractivity contribution in [3.05, 3.63) is 30.3 Å². The molecule has 1 heterocycles. The van der Waals surface area contributed by atoms with Crippen LogP contribution in [-0.2, 0) is 14.8 Å². The van der Waals surface area contributed by atoms with E-state index in [9.17, 15) is 8.42 Å². The number of benzene rings is 1. The summed E-state index contributed by atoms with van der Waals surface area (Å²) in [6.45, 7) is 7.10. The molecule has 0 bridgehead atoms. The Kier molecular flexibility index (Phi) is 6.02. The fourth-order valence-electron chi connectivity index (χ4n) is 2.77. The monoisotopic (exact) mass is 342 g/mol. The van der Waals surface area contributed by atoms with Gasteiger partial charge in [-0.1, -0.05) is 18.2 Å². The van der Waals surface area contributed by atoms with Crippen molar-refractivity contribution in [3.63, 3.8) is 0 Å². The molecule has 2 rings (SSSR count). The van der Waals surface area contributed by atoms with Crippen molar-refractivity contribution in [3.8, 4) is 5.75 Å². The third-order valence-electron chi connectivity index (χ3n) is 3.52. The number of sulfonamides is 1. The lowest BCUT2D eigenvalue weighted by atomic mass is 10.1. The second-order valence-corrected chi connectivity index (χ2v) is 8.36. The van der Waals surface area contributed by atoms with Crippen molar-refractivity contribution in [2.45, 2.75) is 25.6 Å². The minimum atomic E-state index is -3.15. The number of hydrogen-bond acceptors (Lipinski definition) is 5. The topological polar surface area (TPSA) is 67.9 Å². The molecule has 130 valence electrons. The lowest BCUT2D eigenvalue weighted by molar-refractivity contribution is -0.145. The van der Waals surface area contributed by atoms with E-state index in [1.807, 2.05) is 44.2 Å². The van der Waals surface area contributed by atoms with Gasteiger partial charge in [0.25, 0.3) is 0 Å². The molecule has 1 aliphatic heterocycles. The zero-order chi connectivity index (χ0) is 16.9. The average Bonchev–Trinajstić information content (AvgIpc) is 2.43. The summed E-state index contributed by atoms with van der Waals surface area (Å²) in [5.41, 5.74) is -0.284. The summed E-state index contributed by atoms with van der Waals surface area (Å²) in [6.07, 6.45) is 1.13. The summed E-state index contributed by atoms with van der Waals surface area (Å²) in [6, 6.07) is 9.65. The van der Waals surface area contributed by atoms with Crippen molar-refractivity contribution in [2.24, 2.45) is 0 Å². The number of morpholine rings is 1. The molecular weight excluding hydrogens is 316 g/mol. The predicted octanol–water partition coefficient (Wildman–Crippen LogP) is 1.09. The first-order chi connectivity index (χ1) is 10.7. The van der Waals surface area contributed by atoms with Gasteiger partial charge in [-0.3, -0.25) is 4.90 Å². The zero-order valence-electron chi connectivity index (χ0n) is 14.0. The highest BCUT2D eigenvalue weighted by molar-refractivity contribution is 7.88. The van der Waals surface area contributed by atoms with Crippen molar-refractivity contribution >= 4 is 10.0 Å². The van der Waals surface area contributed by atoms with Crippen LogP contribution in [0.25, 0.3) is 0 Å². The Hall–Kier alpha value is -1.15. The Balaban J connectivity index is 1.85. The van der Waals surface area contributed by atoms with Crippen molar-refractivity contribution in [1.82, 2.24) is 9.62 Å². The highest BCUT2D eigenvalue weighted by Crippen LogP contribution is 2.21. The van der Waals surface area contributed by atoms with Gasteiger partial charge in [0.15, 0.2) is 0 Å². The molecule has 23 heavy (non-hydrogen) atoms. The molecule has 0 spiro atoms. The number of nitrogens with one attached hydrogen (secondary N) is 1. The molecule has 0 aliphatic carbocycles. The van der Waals surface area contributed by atoms with Gasteiger partial charge in [0.05, 0.1) is 11.9 Å². The van der Waals surface area contributed by atoms with Crippen LogP contribution < -0.4 is 9.46 Å². The van der Waals surface area contributed by atoms with Crippen LogP contribution in [0.15, 0.2) is 30.3 Å². The third-order valence-corrected chi connectivity index (χ3v) is 4.25. The summed E-state index contributed by atoms with van der Waals surface area (Å²) in [5.74, 6) is 0.824. The zero-order valence-corrected chi connectivity index (χ0v) is 14.8. The molecule has 0 amide bonds. The summed E-state index contributed by atoms with van der Waals surface area (Å²) in [7, 11) is -3.15. The van der Waals surface area contributed by atoms with Gasteiger partial charge in [0.2, 0.25) is 10.0 Å². The summed E-state index contributed by atoms with van der Waals surface area (Å²) >= 11 is 0. The third kappa shape index (κ3) is 6.87. The largest absolute Gasteiger partial charge is 0.491 e. The second kappa shape index (κ2) is 7.61. The number of nitrogens with zero attached hydrogens (tertiary/aromatic N) is 1. The van der Waals surface area contributed by atoms with Crippen LogP contribution in [0.4, 0.5) is 0 Å². The first kappa shape index (κ1) is 18.2. The molecule has 0 saturated carbocycles. The van der Waals surface area contributed by atoms with E-state index in [1.165, 1.54) is 6.26 Å². The van der Waals surface area contributed by atoms with Gasteiger partial charge < -0.3 is 9.47 Å². The fourth-order valence-corrected chi connectivity index (χ4v) is 3.23. The SMILES string of the molecule is CC1(C)CN(CCNS(C)(=O)=O)C[C@@H](COc2ccccc2)O1. The molecule has 1 aromatic carbocycles. The lowest BCUT2D eigenvalue weighted by Crippen LogP contribution is -2.55. The van der Waals surface area contributed by atoms with E-state index in [1.54, 1.807) is 0 Å². The minimum absolute atomic E-state index is 0.0443. The minimum Gasteiger partial charge on any atom is -0.491 e. The van der Waals surface area contributed by atoms with E-state index in [2.05, 4.69) is 9.62 Å². The van der Waals surface area contributed by atoms with Gasteiger partial charge in [-0.2, -0.15) is 0 Å². The smallest absolute Gasteiger partial charge is 0.208 e. The van der Waals surface area contributed by atoms with Gasteiger partial charge in [0, 0.05) is 26.2 Å². The molecule has 1 fully saturated rings. The van der Waals surface area contributed by atoms with Gasteiger partial charge in [-0.15, -0.1) is 0 Å². The molecule has 0 unspecified atom stereocenters. The van der Waals surface area contributed by atoms with Crippen LogP contribution in [0.3, 0.4) is 0 Å². The molecule has 6 nitrogen and oxygen atoms in total. The van der Waals surface area contributed by atoms with E-state index in [0.29, 0.717) is 19.7 Å². The van der Waals surface area contributed by atoms with Gasteiger partial charge in [0.1, 0.15) is 18.5 Å². The number of hydrogen-bond donors (Lipinski definition) is 1. The Labute approximate surface area is 138 Å². The number of para-hydroxylation sites is 1. The first-order valence-corrected chi connectivity index (χ1v) is 9.65. The Morgan fingerprint density at radius 3 is 2.70 bits per heavy atom. The van der Waals surface area contributed by atoms with Gasteiger partial charge >= 0.3 is 0 Å². The van der Waals surface area contributed by atoms with Crippen molar-refractivity contribution in [1.29, 1.82) is 0 Å². The van der Waals surface area contributed by atoms with Crippen LogP contribution in [0, 0.1) is 0 Å². The van der Waals surface area contributed by atoms with Crippen LogP contribution in [0.2, 0.25) is 0 Å². The molecule has 1 N–H and O–H groups in total. The molecule has 1 aromatic rings. The molecule has 0 aromatic heterocycles. The Bertz CT molecular complexity index is 589. The molecule has 1 aliphatic rings. The molecule has 0 radical (unpaired) electrons. The van der Waals surface area contributed by atoms with Crippen LogP contribution in [0.5, 0.6) is 5.75 Å². The van der Waals surface area contributed by atoms with Crippen molar-refractivity contribution in [2.75, 3.05) is 39.0 Å². The summed E-state index contributed by atoms with van der Waals surface area (Å²) in [4.78, 5) is 2.21. The van der Waals surface area contributed by atoms with Crippen LogP contribution >= 0.6 is 0 Å². The Morgan fingerprint density at radius 2 is 2.04 bits per heavy atom.